The molecule has 0 aromatic rings. The average molecular weight is 306 g/mol. The SMILES string of the molecule is CC(C)NC(=O)C(C)N1CCS(=O)(=O)CC1CC(=O)O. The van der Waals surface area contributed by atoms with E-state index in [9.17, 15) is 18.0 Å². The van der Waals surface area contributed by atoms with Gasteiger partial charge in [-0.1, -0.05) is 0 Å². The second-order valence-electron chi connectivity index (χ2n) is 5.44. The zero-order chi connectivity index (χ0) is 15.5. The summed E-state index contributed by atoms with van der Waals surface area (Å²) in [5.41, 5.74) is 0. The van der Waals surface area contributed by atoms with E-state index in [1.807, 2.05) is 13.8 Å². The molecule has 7 nitrogen and oxygen atoms in total. The summed E-state index contributed by atoms with van der Waals surface area (Å²) in [6.07, 6.45) is -0.279. The van der Waals surface area contributed by atoms with E-state index >= 15 is 0 Å². The number of amides is 1. The molecule has 1 aliphatic rings. The lowest BCUT2D eigenvalue weighted by molar-refractivity contribution is -0.139. The van der Waals surface area contributed by atoms with Crippen LogP contribution in [0.5, 0.6) is 0 Å². The lowest BCUT2D eigenvalue weighted by Gasteiger charge is -2.38. The standard InChI is InChI=1S/C12H22N2O5S/c1-8(2)13-12(17)9(3)14-4-5-20(18,19)7-10(14)6-11(15)16/h8-10H,4-7H2,1-3H3,(H,13,17)(H,15,16). The van der Waals surface area contributed by atoms with Crippen LogP contribution in [0.25, 0.3) is 0 Å². The van der Waals surface area contributed by atoms with Crippen molar-refractivity contribution in [2.75, 3.05) is 18.1 Å². The molecule has 1 fully saturated rings. The Bertz CT molecular complexity index is 474. The number of carboxylic acid groups (broad SMARTS) is 1. The number of carbonyl (C=O) groups is 2. The number of nitrogens with one attached hydrogen (secondary N) is 1. The second kappa shape index (κ2) is 6.53. The molecule has 0 bridgehead atoms. The number of hydrogen-bond donors (Lipinski definition) is 2. The fourth-order valence-electron chi connectivity index (χ4n) is 2.34. The predicted octanol–water partition coefficient (Wildman–Crippen LogP) is -0.527. The topological polar surface area (TPSA) is 104 Å². The Morgan fingerprint density at radius 3 is 2.45 bits per heavy atom. The van der Waals surface area contributed by atoms with Gasteiger partial charge in [0.05, 0.1) is 24.0 Å². The minimum absolute atomic E-state index is 0.0172. The molecule has 2 N–H and O–H groups in total. The molecule has 0 aromatic heterocycles. The molecule has 1 heterocycles. The molecular weight excluding hydrogens is 284 g/mol. The molecule has 0 saturated carbocycles. The number of nitrogens with zero attached hydrogens (tertiary/aromatic N) is 1. The van der Waals surface area contributed by atoms with Crippen LogP contribution in [0.3, 0.4) is 0 Å². The predicted molar refractivity (Wildman–Crippen MR) is 74.1 cm³/mol. The van der Waals surface area contributed by atoms with Gasteiger partial charge in [-0.15, -0.1) is 0 Å². The second-order valence-corrected chi connectivity index (χ2v) is 7.67. The summed E-state index contributed by atoms with van der Waals surface area (Å²) >= 11 is 0. The summed E-state index contributed by atoms with van der Waals surface area (Å²) < 4.78 is 23.3. The molecule has 0 aliphatic carbocycles. The summed E-state index contributed by atoms with van der Waals surface area (Å²) in [6, 6.07) is -1.21. The lowest BCUT2D eigenvalue weighted by Crippen LogP contribution is -2.57. The largest absolute Gasteiger partial charge is 0.481 e. The normalized spacial score (nSPS) is 24.3. The molecule has 1 rings (SSSR count). The van der Waals surface area contributed by atoms with E-state index in [0.717, 1.165) is 0 Å². The van der Waals surface area contributed by atoms with Gasteiger partial charge < -0.3 is 10.4 Å². The van der Waals surface area contributed by atoms with Gasteiger partial charge in [-0.05, 0) is 20.8 Å². The summed E-state index contributed by atoms with van der Waals surface area (Å²) in [5, 5.41) is 11.7. The highest BCUT2D eigenvalue weighted by Gasteiger charge is 2.37. The number of sulfone groups is 1. The van der Waals surface area contributed by atoms with Gasteiger partial charge in [-0.3, -0.25) is 14.5 Å². The van der Waals surface area contributed by atoms with Crippen molar-refractivity contribution in [1.29, 1.82) is 0 Å². The fourth-order valence-corrected chi connectivity index (χ4v) is 3.89. The van der Waals surface area contributed by atoms with Crippen LogP contribution in [-0.4, -0.2) is 66.5 Å². The number of hydrogen-bond acceptors (Lipinski definition) is 5. The van der Waals surface area contributed by atoms with Crippen molar-refractivity contribution >= 4 is 21.7 Å². The van der Waals surface area contributed by atoms with E-state index in [-0.39, 0.29) is 36.4 Å². The molecular formula is C12H22N2O5S. The van der Waals surface area contributed by atoms with Crippen molar-refractivity contribution in [3.63, 3.8) is 0 Å². The van der Waals surface area contributed by atoms with E-state index in [1.165, 1.54) is 0 Å². The Hall–Kier alpha value is -1.15. The van der Waals surface area contributed by atoms with E-state index in [1.54, 1.807) is 11.8 Å². The smallest absolute Gasteiger partial charge is 0.304 e. The van der Waals surface area contributed by atoms with Crippen LogP contribution in [0, 0.1) is 0 Å². The van der Waals surface area contributed by atoms with Crippen molar-refractivity contribution in [2.24, 2.45) is 0 Å². The van der Waals surface area contributed by atoms with Gasteiger partial charge in [0.15, 0.2) is 9.84 Å². The molecule has 2 atom stereocenters. The first-order chi connectivity index (χ1) is 9.12. The third kappa shape index (κ3) is 4.75. The van der Waals surface area contributed by atoms with E-state index in [2.05, 4.69) is 5.32 Å². The Morgan fingerprint density at radius 1 is 1.35 bits per heavy atom. The lowest BCUT2D eigenvalue weighted by atomic mass is 10.1. The van der Waals surface area contributed by atoms with Crippen LogP contribution in [0.15, 0.2) is 0 Å². The van der Waals surface area contributed by atoms with Crippen LogP contribution in [0.1, 0.15) is 27.2 Å². The molecule has 8 heteroatoms. The molecule has 2 unspecified atom stereocenters. The first kappa shape index (κ1) is 16.9. The van der Waals surface area contributed by atoms with Crippen molar-refractivity contribution in [3.05, 3.63) is 0 Å². The van der Waals surface area contributed by atoms with Gasteiger partial charge >= 0.3 is 5.97 Å². The minimum Gasteiger partial charge on any atom is -0.481 e. The molecule has 0 aromatic carbocycles. The van der Waals surface area contributed by atoms with Crippen LogP contribution < -0.4 is 5.32 Å². The Kier molecular flexibility index (Phi) is 5.52. The summed E-state index contributed by atoms with van der Waals surface area (Å²) in [6.45, 7) is 5.53. The maximum atomic E-state index is 12.0. The third-order valence-corrected chi connectivity index (χ3v) is 4.99. The average Bonchev–Trinajstić information content (AvgIpc) is 2.25. The molecule has 0 spiro atoms. The highest BCUT2D eigenvalue weighted by Crippen LogP contribution is 2.18. The first-order valence-electron chi connectivity index (χ1n) is 6.60. The molecule has 116 valence electrons. The van der Waals surface area contributed by atoms with Gasteiger partial charge in [0.2, 0.25) is 5.91 Å². The van der Waals surface area contributed by atoms with Gasteiger partial charge in [0.25, 0.3) is 0 Å². The van der Waals surface area contributed by atoms with Crippen molar-refractivity contribution in [3.8, 4) is 0 Å². The zero-order valence-corrected chi connectivity index (χ0v) is 12.8. The number of aliphatic carboxylic acids is 1. The quantitative estimate of drug-likeness (QED) is 0.708. The maximum absolute atomic E-state index is 12.0. The number of carbonyl (C=O) groups excluding carboxylic acids is 1. The van der Waals surface area contributed by atoms with Gasteiger partial charge in [0.1, 0.15) is 0 Å². The molecule has 1 amide bonds. The van der Waals surface area contributed by atoms with E-state index < -0.39 is 27.9 Å². The third-order valence-electron chi connectivity index (χ3n) is 3.29. The molecule has 20 heavy (non-hydrogen) atoms. The highest BCUT2D eigenvalue weighted by atomic mass is 32.2. The molecule has 1 aliphatic heterocycles. The number of carboxylic acids is 1. The van der Waals surface area contributed by atoms with E-state index in [0.29, 0.717) is 0 Å². The summed E-state index contributed by atoms with van der Waals surface area (Å²) in [5.74, 6) is -1.52. The first-order valence-corrected chi connectivity index (χ1v) is 8.43. The van der Waals surface area contributed by atoms with E-state index in [4.69, 9.17) is 5.11 Å². The monoisotopic (exact) mass is 306 g/mol. The molecule has 1 saturated heterocycles. The van der Waals surface area contributed by atoms with Gasteiger partial charge in [-0.25, -0.2) is 8.42 Å². The summed E-state index contributed by atoms with van der Waals surface area (Å²) in [7, 11) is -3.23. The van der Waals surface area contributed by atoms with Crippen molar-refractivity contribution in [2.45, 2.75) is 45.3 Å². The zero-order valence-electron chi connectivity index (χ0n) is 12.0. The number of rotatable bonds is 5. The fraction of sp³-hybridized carbons (Fsp3) is 0.833. The van der Waals surface area contributed by atoms with Crippen LogP contribution >= 0.6 is 0 Å². The van der Waals surface area contributed by atoms with Crippen molar-refractivity contribution in [1.82, 2.24) is 10.2 Å². The van der Waals surface area contributed by atoms with Gasteiger partial charge in [0, 0.05) is 18.6 Å². The Morgan fingerprint density at radius 2 is 1.95 bits per heavy atom. The highest BCUT2D eigenvalue weighted by molar-refractivity contribution is 7.91. The molecule has 0 radical (unpaired) electrons. The minimum atomic E-state index is -3.23. The van der Waals surface area contributed by atoms with Crippen molar-refractivity contribution < 1.29 is 23.1 Å². The maximum Gasteiger partial charge on any atom is 0.304 e. The Labute approximate surface area is 119 Å². The Balaban J connectivity index is 2.84. The van der Waals surface area contributed by atoms with Crippen LogP contribution in [0.2, 0.25) is 0 Å². The summed E-state index contributed by atoms with van der Waals surface area (Å²) in [4.78, 5) is 24.5. The van der Waals surface area contributed by atoms with Crippen LogP contribution in [-0.2, 0) is 19.4 Å². The van der Waals surface area contributed by atoms with Crippen LogP contribution in [0.4, 0.5) is 0 Å². The van der Waals surface area contributed by atoms with Gasteiger partial charge in [-0.2, -0.15) is 0 Å².